The Kier molecular flexibility index (Phi) is 33.8. The maximum Gasteiger partial charge on any atom is 2.00 e. The zero-order valence-electron chi connectivity index (χ0n) is 14.4. The van der Waals surface area contributed by atoms with Crippen molar-refractivity contribution in [1.29, 1.82) is 0 Å². The standard InChI is InChI=1S/2C4H6O3.2C3H7O.Ti/c2*1-3(5)2-4(6)7;2*1-3(2)4;/h2*2H2,1H3,(H,6,7);2*3H,1-2H3;/q;;2*-1;+2. The molecule has 0 fully saturated rings. The van der Waals surface area contributed by atoms with E-state index in [4.69, 9.17) is 10.2 Å². The van der Waals surface area contributed by atoms with Gasteiger partial charge >= 0.3 is 33.7 Å². The molecule has 0 saturated carbocycles. The molecule has 0 bridgehead atoms. The summed E-state index contributed by atoms with van der Waals surface area (Å²) in [6, 6.07) is 0. The van der Waals surface area contributed by atoms with Gasteiger partial charge in [-0.3, -0.25) is 19.2 Å². The van der Waals surface area contributed by atoms with Crippen LogP contribution in [0, 0.1) is 0 Å². The van der Waals surface area contributed by atoms with Gasteiger partial charge in [-0.25, -0.2) is 0 Å². The monoisotopic (exact) mass is 370 g/mol. The van der Waals surface area contributed by atoms with Crippen molar-refractivity contribution in [3.8, 4) is 0 Å². The summed E-state index contributed by atoms with van der Waals surface area (Å²) in [5.74, 6) is -2.75. The summed E-state index contributed by atoms with van der Waals surface area (Å²) in [6.45, 7) is 8.93. The molecule has 0 amide bonds. The fourth-order valence-electron chi connectivity index (χ4n) is 0.426. The molecule has 9 heteroatoms. The van der Waals surface area contributed by atoms with E-state index >= 15 is 0 Å². The maximum absolute atomic E-state index is 9.87. The van der Waals surface area contributed by atoms with Crippen LogP contribution in [0.3, 0.4) is 0 Å². The van der Waals surface area contributed by atoms with E-state index in [9.17, 15) is 29.4 Å². The second-order valence-corrected chi connectivity index (χ2v) is 4.64. The van der Waals surface area contributed by atoms with Gasteiger partial charge in [0.15, 0.2) is 0 Å². The Morgan fingerprint density at radius 3 is 0.870 bits per heavy atom. The number of rotatable bonds is 4. The molecule has 0 aromatic heterocycles. The largest absolute Gasteiger partial charge is 2.00 e. The average molecular weight is 370 g/mol. The van der Waals surface area contributed by atoms with E-state index in [0.29, 0.717) is 0 Å². The van der Waals surface area contributed by atoms with Crippen LogP contribution in [0.1, 0.15) is 54.4 Å². The van der Waals surface area contributed by atoms with E-state index in [1.807, 2.05) is 0 Å². The Labute approximate surface area is 151 Å². The number of hydrogen-bond donors (Lipinski definition) is 2. The van der Waals surface area contributed by atoms with E-state index in [2.05, 4.69) is 0 Å². The number of carbonyl (C=O) groups is 4. The van der Waals surface area contributed by atoms with Gasteiger partial charge in [-0.1, -0.05) is 27.7 Å². The van der Waals surface area contributed by atoms with Crippen molar-refractivity contribution in [3.63, 3.8) is 0 Å². The van der Waals surface area contributed by atoms with Gasteiger partial charge in [-0.05, 0) is 13.8 Å². The van der Waals surface area contributed by atoms with Gasteiger partial charge < -0.3 is 20.4 Å². The fourth-order valence-corrected chi connectivity index (χ4v) is 0.426. The second kappa shape index (κ2) is 23.2. The van der Waals surface area contributed by atoms with Crippen LogP contribution in [0.4, 0.5) is 0 Å². The quantitative estimate of drug-likeness (QED) is 0.501. The van der Waals surface area contributed by atoms with Crippen LogP contribution in [-0.2, 0) is 40.9 Å². The molecule has 23 heavy (non-hydrogen) atoms. The predicted octanol–water partition coefficient (Wildman–Crippen LogP) is -0.392. The summed E-state index contributed by atoms with van der Waals surface area (Å²) in [5.41, 5.74) is 0. The van der Waals surface area contributed by atoms with Crippen molar-refractivity contribution in [2.75, 3.05) is 0 Å². The van der Waals surface area contributed by atoms with Crippen molar-refractivity contribution < 1.29 is 61.3 Å². The van der Waals surface area contributed by atoms with Gasteiger partial charge in [0, 0.05) is 0 Å². The SMILES string of the molecule is CC(=O)CC(=O)O.CC(=O)CC(=O)O.CC(C)[O-].CC(C)[O-].[Ti+2]. The minimum absolute atomic E-state index is 0. The average Bonchev–Trinajstić information content (AvgIpc) is 2.10. The number of hydrogen-bond acceptors (Lipinski definition) is 6. The summed E-state index contributed by atoms with van der Waals surface area (Å²) in [5, 5.41) is 34.8. The van der Waals surface area contributed by atoms with E-state index in [-0.39, 0.29) is 46.1 Å². The van der Waals surface area contributed by atoms with E-state index < -0.39 is 24.1 Å². The minimum atomic E-state index is -1.06. The molecule has 0 unspecified atom stereocenters. The minimum Gasteiger partial charge on any atom is -0.852 e. The van der Waals surface area contributed by atoms with E-state index in [0.717, 1.165) is 0 Å². The summed E-state index contributed by atoms with van der Waals surface area (Å²) in [6.07, 6.45) is -1.56. The smallest absolute Gasteiger partial charge is 0.852 e. The zero-order valence-corrected chi connectivity index (χ0v) is 16.0. The van der Waals surface area contributed by atoms with Crippen molar-refractivity contribution in [2.45, 2.75) is 66.6 Å². The van der Waals surface area contributed by atoms with Crippen molar-refractivity contribution >= 4 is 23.5 Å². The molecule has 0 rings (SSSR count). The number of ketones is 2. The predicted molar refractivity (Wildman–Crippen MR) is 76.1 cm³/mol. The van der Waals surface area contributed by atoms with Gasteiger partial charge in [-0.15, -0.1) is 12.2 Å². The van der Waals surface area contributed by atoms with Crippen LogP contribution in [0.5, 0.6) is 0 Å². The molecule has 0 aromatic carbocycles. The number of aliphatic carboxylic acids is 2. The Morgan fingerprint density at radius 2 is 0.870 bits per heavy atom. The first-order valence-electron chi connectivity index (χ1n) is 6.46. The molecule has 0 spiro atoms. The molecule has 2 N–H and O–H groups in total. The molecule has 134 valence electrons. The number of carboxylic acids is 2. The molecule has 0 aromatic rings. The van der Waals surface area contributed by atoms with Crippen LogP contribution < -0.4 is 10.2 Å². The first kappa shape index (κ1) is 33.5. The summed E-state index contributed by atoms with van der Waals surface area (Å²) < 4.78 is 0. The van der Waals surface area contributed by atoms with Crippen LogP contribution in [0.2, 0.25) is 0 Å². The normalized spacial score (nSPS) is 8.09. The second-order valence-electron chi connectivity index (χ2n) is 4.64. The van der Waals surface area contributed by atoms with Gasteiger partial charge in [0.05, 0.1) is 0 Å². The third kappa shape index (κ3) is 157. The molecule has 0 heterocycles. The Balaban J connectivity index is -0.0000000639. The summed E-state index contributed by atoms with van der Waals surface area (Å²) in [4.78, 5) is 38.9. The topological polar surface area (TPSA) is 155 Å². The molecule has 0 aliphatic carbocycles. The molecule has 0 aliphatic heterocycles. The number of Topliss-reactive ketones (excluding diaryl/α,β-unsaturated/α-hetero) is 2. The van der Waals surface area contributed by atoms with Crippen molar-refractivity contribution in [3.05, 3.63) is 0 Å². The van der Waals surface area contributed by atoms with Gasteiger partial charge in [0.1, 0.15) is 24.4 Å². The first-order valence-corrected chi connectivity index (χ1v) is 6.46. The number of carboxylic acid groups (broad SMARTS) is 2. The van der Waals surface area contributed by atoms with Crippen LogP contribution in [-0.4, -0.2) is 45.9 Å². The summed E-state index contributed by atoms with van der Waals surface area (Å²) in [7, 11) is 0. The van der Waals surface area contributed by atoms with Crippen LogP contribution in [0.25, 0.3) is 0 Å². The van der Waals surface area contributed by atoms with E-state index in [1.165, 1.54) is 13.8 Å². The molecular weight excluding hydrogens is 344 g/mol. The third-order valence-electron chi connectivity index (χ3n) is 0.800. The first-order chi connectivity index (χ1) is 9.72. The molecule has 0 saturated heterocycles. The third-order valence-corrected chi connectivity index (χ3v) is 0.800. The fraction of sp³-hybridized carbons (Fsp3) is 0.714. The van der Waals surface area contributed by atoms with Crippen LogP contribution in [0.15, 0.2) is 0 Å². The Hall–Kier alpha value is -1.09. The van der Waals surface area contributed by atoms with Gasteiger partial charge in [-0.2, -0.15) is 0 Å². The Bertz CT molecular complexity index is 265. The van der Waals surface area contributed by atoms with E-state index in [1.54, 1.807) is 27.7 Å². The zero-order chi connectivity index (χ0) is 18.9. The molecule has 0 atom stereocenters. The maximum atomic E-state index is 9.87. The Morgan fingerprint density at radius 1 is 0.739 bits per heavy atom. The van der Waals surface area contributed by atoms with Crippen molar-refractivity contribution in [2.24, 2.45) is 0 Å². The molecule has 0 radical (unpaired) electrons. The molecular formula is C14H26O8Ti. The molecule has 0 aliphatic rings. The molecule has 8 nitrogen and oxygen atoms in total. The van der Waals surface area contributed by atoms with Gasteiger partial charge in [0.2, 0.25) is 0 Å². The summed E-state index contributed by atoms with van der Waals surface area (Å²) >= 11 is 0. The van der Waals surface area contributed by atoms with Crippen molar-refractivity contribution in [1.82, 2.24) is 0 Å². The van der Waals surface area contributed by atoms with Crippen LogP contribution >= 0.6 is 0 Å². The van der Waals surface area contributed by atoms with Gasteiger partial charge in [0.25, 0.3) is 0 Å². The number of carbonyl (C=O) groups excluding carboxylic acids is 2.